The van der Waals surface area contributed by atoms with E-state index in [0.29, 0.717) is 79.6 Å². The number of rotatable bonds is 11. The van der Waals surface area contributed by atoms with E-state index in [4.69, 9.17) is 0 Å². The summed E-state index contributed by atoms with van der Waals surface area (Å²) in [6, 6.07) is 11.6. The van der Waals surface area contributed by atoms with Crippen molar-refractivity contribution >= 4 is 56.2 Å². The molecule has 5 aromatic rings. The minimum atomic E-state index is -3.97. The van der Waals surface area contributed by atoms with Crippen LogP contribution >= 0.6 is 0 Å². The Labute approximate surface area is 351 Å². The zero-order valence-electron chi connectivity index (χ0n) is 33.7. The maximum Gasteiger partial charge on any atom is 0.236 e. The number of nitrogens with one attached hydrogen (secondary N) is 3. The SMILES string of the molecule is CC(C)S(=O)(=O)Nc1ccc(F)c(C(=O)c2c[nH]c3ncc(-c4cnc(N5CCN(C(=O)CN6CCC(c7ccc([C@@H]8CCC(=O)NC8=O)cc7)CC6)CC5)nc4)cc23)c1F. The highest BCUT2D eigenvalue weighted by molar-refractivity contribution is 7.93. The van der Waals surface area contributed by atoms with Gasteiger partial charge in [-0.3, -0.25) is 34.1 Å². The van der Waals surface area contributed by atoms with Gasteiger partial charge >= 0.3 is 0 Å². The molecule has 8 rings (SSSR count). The number of carbonyl (C=O) groups is 4. The molecule has 2 aromatic carbocycles. The number of pyridine rings is 1. The molecule has 61 heavy (non-hydrogen) atoms. The van der Waals surface area contributed by atoms with E-state index in [1.54, 1.807) is 24.7 Å². The van der Waals surface area contributed by atoms with Crippen LogP contribution in [0.15, 0.2) is 67.3 Å². The number of sulfonamides is 1. The van der Waals surface area contributed by atoms with Gasteiger partial charge in [0.25, 0.3) is 0 Å². The van der Waals surface area contributed by atoms with E-state index < -0.39 is 43.9 Å². The van der Waals surface area contributed by atoms with Crippen molar-refractivity contribution in [3.05, 3.63) is 101 Å². The van der Waals surface area contributed by atoms with Gasteiger partial charge in [-0.05, 0) is 81.4 Å². The second-order valence-electron chi connectivity index (χ2n) is 16.0. The van der Waals surface area contributed by atoms with Crippen LogP contribution in [0.1, 0.15) is 78.4 Å². The van der Waals surface area contributed by atoms with Gasteiger partial charge in [-0.15, -0.1) is 0 Å². The van der Waals surface area contributed by atoms with Crippen molar-refractivity contribution in [3.8, 4) is 11.1 Å². The molecule has 0 aliphatic carbocycles. The summed E-state index contributed by atoms with van der Waals surface area (Å²) >= 11 is 0. The van der Waals surface area contributed by atoms with Crippen LogP contribution in [0.4, 0.5) is 20.4 Å². The Morgan fingerprint density at radius 3 is 2.21 bits per heavy atom. The third kappa shape index (κ3) is 8.72. The molecule has 3 aliphatic heterocycles. The third-order valence-corrected chi connectivity index (χ3v) is 13.6. The van der Waals surface area contributed by atoms with Crippen LogP contribution in [-0.2, 0) is 24.4 Å². The van der Waals surface area contributed by atoms with Crippen LogP contribution in [0, 0.1) is 11.6 Å². The lowest BCUT2D eigenvalue weighted by molar-refractivity contribution is -0.134. The number of piperidine rings is 2. The summed E-state index contributed by atoms with van der Waals surface area (Å²) in [5.74, 6) is -3.26. The van der Waals surface area contributed by atoms with Gasteiger partial charge in [-0.2, -0.15) is 0 Å². The van der Waals surface area contributed by atoms with Crippen LogP contribution in [0.3, 0.4) is 0 Å². The Bertz CT molecular complexity index is 2610. The molecule has 3 saturated heterocycles. The number of likely N-dealkylation sites (tertiary alicyclic amines) is 1. The van der Waals surface area contributed by atoms with Crippen LogP contribution < -0.4 is 14.9 Å². The number of aromatic amines is 1. The highest BCUT2D eigenvalue weighted by Gasteiger charge is 2.31. The molecule has 3 fully saturated rings. The highest BCUT2D eigenvalue weighted by atomic mass is 32.2. The van der Waals surface area contributed by atoms with Gasteiger partial charge < -0.3 is 14.8 Å². The Balaban J connectivity index is 0.845. The molecule has 0 spiro atoms. The average Bonchev–Trinajstić information content (AvgIpc) is 3.69. The number of ketones is 1. The molecule has 3 N–H and O–H groups in total. The summed E-state index contributed by atoms with van der Waals surface area (Å²) in [5, 5.41) is 1.83. The summed E-state index contributed by atoms with van der Waals surface area (Å²) in [4.78, 5) is 73.2. The summed E-state index contributed by atoms with van der Waals surface area (Å²) in [6.45, 7) is 6.94. The van der Waals surface area contributed by atoms with E-state index >= 15 is 4.39 Å². The van der Waals surface area contributed by atoms with Crippen LogP contribution in [0.25, 0.3) is 22.2 Å². The second kappa shape index (κ2) is 17.1. The molecule has 0 bridgehead atoms. The molecule has 1 atom stereocenters. The van der Waals surface area contributed by atoms with E-state index in [1.807, 2.05) is 21.9 Å². The van der Waals surface area contributed by atoms with Gasteiger partial charge in [0, 0.05) is 79.5 Å². The number of imide groups is 1. The number of hydrogen-bond donors (Lipinski definition) is 3. The lowest BCUT2D eigenvalue weighted by atomic mass is 9.86. The van der Waals surface area contributed by atoms with Gasteiger partial charge in [0.05, 0.1) is 29.0 Å². The van der Waals surface area contributed by atoms with Gasteiger partial charge in [0.15, 0.2) is 5.82 Å². The normalized spacial score (nSPS) is 18.1. The number of aromatic nitrogens is 4. The van der Waals surface area contributed by atoms with E-state index in [2.05, 4.69) is 47.0 Å². The number of hydrogen-bond acceptors (Lipinski definition) is 11. The number of anilines is 2. The van der Waals surface area contributed by atoms with Crippen LogP contribution in [0.5, 0.6) is 0 Å². The predicted molar refractivity (Wildman–Crippen MR) is 223 cm³/mol. The number of benzene rings is 2. The number of piperazine rings is 1. The highest BCUT2D eigenvalue weighted by Crippen LogP contribution is 2.32. The monoisotopic (exact) mass is 853 g/mol. The maximum atomic E-state index is 15.5. The third-order valence-electron chi connectivity index (χ3n) is 11.8. The summed E-state index contributed by atoms with van der Waals surface area (Å²) in [5.41, 5.74) is 2.08. The van der Waals surface area contributed by atoms with Crippen LogP contribution in [-0.4, -0.2) is 113 Å². The van der Waals surface area contributed by atoms with Crippen molar-refractivity contribution in [1.82, 2.24) is 35.1 Å². The molecule has 3 aromatic heterocycles. The summed E-state index contributed by atoms with van der Waals surface area (Å²) in [6.07, 6.45) is 8.85. The molecule has 15 nitrogen and oxygen atoms in total. The standard InChI is InChI=1S/C43H45F2N9O6S/c1-25(2)61(59,60)51-35-9-8-34(44)38(39(35)45)40(57)33-23-47-41-32(33)19-29(20-46-41)30-21-48-43(49-22-30)54-17-15-53(16-18-54)37(56)24-52-13-11-27(12-14-52)26-3-5-28(6-4-26)31-7-10-36(55)50-42(31)58/h3-6,8-9,19-23,25,27,31,51H,7,10-18,24H2,1-2H3,(H,46,47)(H,50,55,58)/t31-/m0/s1. The zero-order chi connectivity index (χ0) is 43.0. The first-order chi connectivity index (χ1) is 29.3. The number of nitrogens with zero attached hydrogens (tertiary/aromatic N) is 6. The van der Waals surface area contributed by atoms with E-state index in [1.165, 1.54) is 25.6 Å². The van der Waals surface area contributed by atoms with Gasteiger partial charge in [-0.1, -0.05) is 24.3 Å². The molecule has 18 heteroatoms. The Morgan fingerprint density at radius 1 is 0.869 bits per heavy atom. The molecule has 6 heterocycles. The Morgan fingerprint density at radius 2 is 1.54 bits per heavy atom. The number of amides is 3. The minimum absolute atomic E-state index is 0.0592. The van der Waals surface area contributed by atoms with Crippen molar-refractivity contribution < 1.29 is 36.4 Å². The van der Waals surface area contributed by atoms with Gasteiger partial charge in [-0.25, -0.2) is 32.2 Å². The summed E-state index contributed by atoms with van der Waals surface area (Å²) < 4.78 is 57.3. The van der Waals surface area contributed by atoms with Crippen molar-refractivity contribution in [2.24, 2.45) is 0 Å². The topological polar surface area (TPSA) is 191 Å². The zero-order valence-corrected chi connectivity index (χ0v) is 34.5. The predicted octanol–water partition coefficient (Wildman–Crippen LogP) is 4.73. The first-order valence-corrected chi connectivity index (χ1v) is 21.8. The quantitative estimate of drug-likeness (QED) is 0.123. The smallest absolute Gasteiger partial charge is 0.236 e. The number of carbonyl (C=O) groups excluding carboxylic acids is 4. The van der Waals surface area contributed by atoms with Gasteiger partial charge in [0.1, 0.15) is 11.5 Å². The molecular formula is C43H45F2N9O6S. The Hall–Kier alpha value is -6.14. The fourth-order valence-electron chi connectivity index (χ4n) is 8.11. The van der Waals surface area contributed by atoms with Crippen LogP contribution in [0.2, 0.25) is 0 Å². The number of fused-ring (bicyclic) bond motifs is 1. The molecule has 318 valence electrons. The van der Waals surface area contributed by atoms with Gasteiger partial charge in [0.2, 0.25) is 39.5 Å². The van der Waals surface area contributed by atoms with Crippen molar-refractivity contribution in [2.45, 2.75) is 56.6 Å². The van der Waals surface area contributed by atoms with Crippen molar-refractivity contribution in [1.29, 1.82) is 0 Å². The van der Waals surface area contributed by atoms with Crippen molar-refractivity contribution in [2.75, 3.05) is 55.4 Å². The van der Waals surface area contributed by atoms with E-state index in [0.717, 1.165) is 43.6 Å². The molecule has 3 aliphatic rings. The number of halogens is 2. The molecule has 0 unspecified atom stereocenters. The lowest BCUT2D eigenvalue weighted by Crippen LogP contribution is -2.52. The first-order valence-electron chi connectivity index (χ1n) is 20.3. The Kier molecular flexibility index (Phi) is 11.6. The number of H-pyrrole nitrogens is 1. The minimum Gasteiger partial charge on any atom is -0.345 e. The average molecular weight is 854 g/mol. The molecule has 0 radical (unpaired) electrons. The fourth-order valence-corrected chi connectivity index (χ4v) is 8.81. The van der Waals surface area contributed by atoms with E-state index in [-0.39, 0.29) is 29.2 Å². The first kappa shape index (κ1) is 41.6. The largest absolute Gasteiger partial charge is 0.345 e. The van der Waals surface area contributed by atoms with E-state index in [9.17, 15) is 32.0 Å². The second-order valence-corrected chi connectivity index (χ2v) is 18.2. The molecule has 3 amide bonds. The molecular weight excluding hydrogens is 809 g/mol. The summed E-state index contributed by atoms with van der Waals surface area (Å²) in [7, 11) is -3.97. The molecule has 0 saturated carbocycles. The maximum absolute atomic E-state index is 15.5. The lowest BCUT2D eigenvalue weighted by Gasteiger charge is -2.37. The fraction of sp³-hybridized carbons (Fsp3) is 0.372. The van der Waals surface area contributed by atoms with Crippen molar-refractivity contribution in [3.63, 3.8) is 0 Å².